The summed E-state index contributed by atoms with van der Waals surface area (Å²) in [4.78, 5) is 2.32. The molecular weight excluding hydrogens is 372 g/mol. The molecule has 0 saturated carbocycles. The molecular formula is C22H32N2O3S. The number of sulfonamides is 1. The highest BCUT2D eigenvalue weighted by Crippen LogP contribution is 2.22. The monoisotopic (exact) mass is 404 g/mol. The first-order valence-corrected chi connectivity index (χ1v) is 11.6. The molecule has 2 rings (SSSR count). The number of rotatable bonds is 11. The molecule has 154 valence electrons. The van der Waals surface area contributed by atoms with Crippen molar-refractivity contribution < 1.29 is 13.2 Å². The van der Waals surface area contributed by atoms with Crippen molar-refractivity contribution in [2.45, 2.75) is 33.1 Å². The van der Waals surface area contributed by atoms with Crippen LogP contribution in [0.4, 0.5) is 5.69 Å². The quantitative estimate of drug-likeness (QED) is 0.575. The molecule has 0 radical (unpaired) electrons. The van der Waals surface area contributed by atoms with E-state index in [1.165, 1.54) is 16.7 Å². The average molecular weight is 405 g/mol. The molecule has 0 aliphatic carbocycles. The van der Waals surface area contributed by atoms with Crippen LogP contribution < -0.4 is 9.46 Å². The average Bonchev–Trinajstić information content (AvgIpc) is 2.62. The summed E-state index contributed by atoms with van der Waals surface area (Å²) in [7, 11) is -1.09. The molecule has 1 N–H and O–H groups in total. The highest BCUT2D eigenvalue weighted by Gasteiger charge is 2.05. The van der Waals surface area contributed by atoms with Gasteiger partial charge >= 0.3 is 0 Å². The summed E-state index contributed by atoms with van der Waals surface area (Å²) in [6.45, 7) is 6.91. The van der Waals surface area contributed by atoms with E-state index in [0.717, 1.165) is 51.0 Å². The van der Waals surface area contributed by atoms with Crippen molar-refractivity contribution in [3.8, 4) is 5.75 Å². The zero-order valence-electron chi connectivity index (χ0n) is 17.4. The number of nitrogens with one attached hydrogen (secondary N) is 1. The molecule has 0 aliphatic rings. The number of para-hydroxylation sites is 1. The van der Waals surface area contributed by atoms with Crippen molar-refractivity contribution in [1.29, 1.82) is 0 Å². The molecule has 0 bridgehead atoms. The Morgan fingerprint density at radius 3 is 2.21 bits per heavy atom. The molecule has 0 aromatic heterocycles. The number of benzene rings is 2. The number of ether oxygens (including phenoxy) is 1. The highest BCUT2D eigenvalue weighted by molar-refractivity contribution is 7.92. The lowest BCUT2D eigenvalue weighted by Crippen LogP contribution is -2.22. The Balaban J connectivity index is 1.64. The van der Waals surface area contributed by atoms with E-state index in [0.29, 0.717) is 5.69 Å². The Morgan fingerprint density at radius 1 is 0.964 bits per heavy atom. The first-order valence-electron chi connectivity index (χ1n) is 9.69. The van der Waals surface area contributed by atoms with Gasteiger partial charge in [0.25, 0.3) is 0 Å². The van der Waals surface area contributed by atoms with Crippen LogP contribution in [0.25, 0.3) is 0 Å². The third-order valence-corrected chi connectivity index (χ3v) is 5.24. The van der Waals surface area contributed by atoms with Gasteiger partial charge < -0.3 is 9.64 Å². The van der Waals surface area contributed by atoms with Crippen molar-refractivity contribution in [3.05, 3.63) is 59.2 Å². The van der Waals surface area contributed by atoms with E-state index in [1.54, 1.807) is 12.1 Å². The van der Waals surface area contributed by atoms with Gasteiger partial charge in [-0.2, -0.15) is 0 Å². The van der Waals surface area contributed by atoms with Gasteiger partial charge in [-0.3, -0.25) is 4.72 Å². The molecule has 0 spiro atoms. The van der Waals surface area contributed by atoms with Gasteiger partial charge in [-0.15, -0.1) is 0 Å². The third kappa shape index (κ3) is 7.90. The van der Waals surface area contributed by atoms with Crippen LogP contribution in [0, 0.1) is 13.8 Å². The number of nitrogens with zero attached hydrogens (tertiary/aromatic N) is 1. The number of hydrogen-bond acceptors (Lipinski definition) is 4. The van der Waals surface area contributed by atoms with Gasteiger partial charge in [-0.05, 0) is 75.5 Å². The van der Waals surface area contributed by atoms with Gasteiger partial charge in [0, 0.05) is 12.2 Å². The molecule has 0 atom stereocenters. The Labute approximate surface area is 169 Å². The van der Waals surface area contributed by atoms with E-state index >= 15 is 0 Å². The molecule has 0 aliphatic heterocycles. The van der Waals surface area contributed by atoms with Crippen LogP contribution in [0.2, 0.25) is 0 Å². The second-order valence-corrected chi connectivity index (χ2v) is 9.15. The summed E-state index contributed by atoms with van der Waals surface area (Å²) < 4.78 is 30.9. The fourth-order valence-corrected chi connectivity index (χ4v) is 3.63. The van der Waals surface area contributed by atoms with Crippen LogP contribution in [-0.2, 0) is 16.4 Å². The summed E-state index contributed by atoms with van der Waals surface area (Å²) in [5, 5.41) is 0. The summed E-state index contributed by atoms with van der Waals surface area (Å²) in [5.41, 5.74) is 4.18. The standard InChI is InChI=1S/C22H32N2O3S/c1-18-8-7-9-19(2)22(18)27-17-6-5-15-24(3)16-14-20-10-12-21(13-11-20)23-28(4,25)26/h7-13,23H,5-6,14-17H2,1-4H3. The van der Waals surface area contributed by atoms with E-state index < -0.39 is 10.0 Å². The highest BCUT2D eigenvalue weighted by atomic mass is 32.2. The lowest BCUT2D eigenvalue weighted by Gasteiger charge is -2.17. The Morgan fingerprint density at radius 2 is 1.61 bits per heavy atom. The third-order valence-electron chi connectivity index (χ3n) is 4.63. The van der Waals surface area contributed by atoms with Gasteiger partial charge in [-0.1, -0.05) is 30.3 Å². The van der Waals surface area contributed by atoms with E-state index in [-0.39, 0.29) is 0 Å². The normalized spacial score (nSPS) is 11.6. The molecule has 6 heteroatoms. The predicted molar refractivity (Wildman–Crippen MR) is 117 cm³/mol. The van der Waals surface area contributed by atoms with Crippen molar-refractivity contribution >= 4 is 15.7 Å². The van der Waals surface area contributed by atoms with Gasteiger partial charge in [-0.25, -0.2) is 8.42 Å². The second kappa shape index (κ2) is 10.5. The van der Waals surface area contributed by atoms with Crippen LogP contribution in [0.15, 0.2) is 42.5 Å². The maximum atomic E-state index is 11.2. The minimum Gasteiger partial charge on any atom is -0.493 e. The number of hydrogen-bond donors (Lipinski definition) is 1. The topological polar surface area (TPSA) is 58.6 Å². The molecule has 28 heavy (non-hydrogen) atoms. The number of unbranched alkanes of at least 4 members (excludes halogenated alkanes) is 1. The maximum Gasteiger partial charge on any atom is 0.229 e. The van der Waals surface area contributed by atoms with E-state index in [2.05, 4.69) is 48.7 Å². The number of aryl methyl sites for hydroxylation is 2. The second-order valence-electron chi connectivity index (χ2n) is 7.40. The van der Waals surface area contributed by atoms with Crippen LogP contribution in [0.1, 0.15) is 29.5 Å². The fraction of sp³-hybridized carbons (Fsp3) is 0.455. The fourth-order valence-electron chi connectivity index (χ4n) is 3.07. The predicted octanol–water partition coefficient (Wildman–Crippen LogP) is 4.01. The van der Waals surface area contributed by atoms with Crippen LogP contribution >= 0.6 is 0 Å². The zero-order valence-corrected chi connectivity index (χ0v) is 18.2. The van der Waals surface area contributed by atoms with Gasteiger partial charge in [0.05, 0.1) is 12.9 Å². The first-order chi connectivity index (χ1) is 13.2. The first kappa shape index (κ1) is 22.2. The number of anilines is 1. The van der Waals surface area contributed by atoms with E-state index in [9.17, 15) is 8.42 Å². The number of likely N-dealkylation sites (N-methyl/N-ethyl adjacent to an activating group) is 1. The van der Waals surface area contributed by atoms with Crippen LogP contribution in [0.5, 0.6) is 5.75 Å². The van der Waals surface area contributed by atoms with Crippen molar-refractivity contribution in [3.63, 3.8) is 0 Å². The molecule has 0 amide bonds. The van der Waals surface area contributed by atoms with E-state index in [4.69, 9.17) is 4.74 Å². The summed E-state index contributed by atoms with van der Waals surface area (Å²) in [6.07, 6.45) is 4.22. The van der Waals surface area contributed by atoms with Crippen LogP contribution in [0.3, 0.4) is 0 Å². The smallest absolute Gasteiger partial charge is 0.229 e. The molecule has 0 saturated heterocycles. The Kier molecular flexibility index (Phi) is 8.33. The van der Waals surface area contributed by atoms with Crippen LogP contribution in [-0.4, -0.2) is 46.3 Å². The van der Waals surface area contributed by atoms with E-state index in [1.807, 2.05) is 12.1 Å². The molecule has 0 unspecified atom stereocenters. The molecule has 2 aromatic rings. The summed E-state index contributed by atoms with van der Waals surface area (Å²) >= 11 is 0. The Hall–Kier alpha value is -2.05. The van der Waals surface area contributed by atoms with Crippen molar-refractivity contribution in [2.75, 3.05) is 37.7 Å². The molecule has 0 heterocycles. The zero-order chi connectivity index (χ0) is 20.6. The van der Waals surface area contributed by atoms with Gasteiger partial charge in [0.2, 0.25) is 10.0 Å². The summed E-state index contributed by atoms with van der Waals surface area (Å²) in [5.74, 6) is 1.02. The maximum absolute atomic E-state index is 11.2. The SMILES string of the molecule is Cc1cccc(C)c1OCCCCN(C)CCc1ccc(NS(C)(=O)=O)cc1. The van der Waals surface area contributed by atoms with Gasteiger partial charge in [0.1, 0.15) is 5.75 Å². The Bertz CT molecular complexity index is 828. The lowest BCUT2D eigenvalue weighted by molar-refractivity contribution is 0.278. The molecule has 2 aromatic carbocycles. The van der Waals surface area contributed by atoms with Crippen molar-refractivity contribution in [2.24, 2.45) is 0 Å². The lowest BCUT2D eigenvalue weighted by atomic mass is 10.1. The largest absolute Gasteiger partial charge is 0.493 e. The minimum absolute atomic E-state index is 0.600. The molecule has 5 nitrogen and oxygen atoms in total. The minimum atomic E-state index is -3.22. The van der Waals surface area contributed by atoms with Gasteiger partial charge in [0.15, 0.2) is 0 Å². The van der Waals surface area contributed by atoms with Crippen molar-refractivity contribution in [1.82, 2.24) is 4.90 Å². The summed E-state index contributed by atoms with van der Waals surface area (Å²) in [6, 6.07) is 13.8. The molecule has 0 fully saturated rings.